The summed E-state index contributed by atoms with van der Waals surface area (Å²) in [5.74, 6) is 0.759. The zero-order chi connectivity index (χ0) is 13.5. The Hall–Kier alpha value is -0.870. The molecule has 1 aliphatic carbocycles. The fraction of sp³-hybridized carbons (Fsp3) is 0.538. The Labute approximate surface area is 110 Å². The predicted molar refractivity (Wildman–Crippen MR) is 67.2 cm³/mol. The minimum absolute atomic E-state index is 0.0122. The fourth-order valence-corrected chi connectivity index (χ4v) is 2.98. The van der Waals surface area contributed by atoms with E-state index in [0.29, 0.717) is 18.4 Å². The molecule has 5 heteroatoms. The molecule has 0 aromatic heterocycles. The summed E-state index contributed by atoms with van der Waals surface area (Å²) in [6.07, 6.45) is 0. The first kappa shape index (κ1) is 13.6. The molecule has 0 heterocycles. The van der Waals surface area contributed by atoms with Crippen LogP contribution in [0.2, 0.25) is 5.02 Å². The second-order valence-electron chi connectivity index (χ2n) is 5.21. The first-order valence-corrected chi connectivity index (χ1v) is 6.20. The molecule has 2 nitrogen and oxygen atoms in total. The molecule has 0 bridgehead atoms. The third-order valence-corrected chi connectivity index (χ3v) is 4.13. The van der Waals surface area contributed by atoms with Gasteiger partial charge in [-0.05, 0) is 41.5 Å². The molecule has 1 saturated carbocycles. The van der Waals surface area contributed by atoms with Gasteiger partial charge in [0.05, 0.1) is 5.02 Å². The van der Waals surface area contributed by atoms with E-state index in [4.69, 9.17) is 17.3 Å². The SMILES string of the molecule is CC1(C)C(CN)C1c1ccc(OC(F)F)c(Cl)c1. The van der Waals surface area contributed by atoms with Crippen molar-refractivity contribution in [3.05, 3.63) is 28.8 Å². The van der Waals surface area contributed by atoms with Gasteiger partial charge >= 0.3 is 6.61 Å². The summed E-state index contributed by atoms with van der Waals surface area (Å²) in [5, 5.41) is 0.214. The van der Waals surface area contributed by atoms with E-state index < -0.39 is 6.61 Å². The van der Waals surface area contributed by atoms with Crippen molar-refractivity contribution in [2.24, 2.45) is 17.1 Å². The minimum Gasteiger partial charge on any atom is -0.433 e. The molecule has 2 unspecified atom stereocenters. The van der Waals surface area contributed by atoms with E-state index in [-0.39, 0.29) is 16.2 Å². The van der Waals surface area contributed by atoms with Gasteiger partial charge in [0.15, 0.2) is 0 Å². The molecule has 0 radical (unpaired) electrons. The lowest BCUT2D eigenvalue weighted by molar-refractivity contribution is -0.0497. The van der Waals surface area contributed by atoms with Crippen LogP contribution in [-0.4, -0.2) is 13.2 Å². The number of hydrogen-bond donors (Lipinski definition) is 1. The third-order valence-electron chi connectivity index (χ3n) is 3.84. The van der Waals surface area contributed by atoms with Gasteiger partial charge in [0.2, 0.25) is 0 Å². The van der Waals surface area contributed by atoms with E-state index in [1.165, 1.54) is 6.07 Å². The Bertz CT molecular complexity index is 451. The average molecular weight is 276 g/mol. The van der Waals surface area contributed by atoms with Crippen molar-refractivity contribution in [2.75, 3.05) is 6.54 Å². The van der Waals surface area contributed by atoms with Crippen molar-refractivity contribution in [1.29, 1.82) is 0 Å². The van der Waals surface area contributed by atoms with Crippen molar-refractivity contribution >= 4 is 11.6 Å². The van der Waals surface area contributed by atoms with Gasteiger partial charge in [0.25, 0.3) is 0 Å². The average Bonchev–Trinajstić information content (AvgIpc) is 2.83. The Kier molecular flexibility index (Phi) is 3.52. The van der Waals surface area contributed by atoms with Gasteiger partial charge in [0, 0.05) is 0 Å². The Morgan fingerprint density at radius 2 is 2.11 bits per heavy atom. The van der Waals surface area contributed by atoms with Crippen LogP contribution in [-0.2, 0) is 0 Å². The monoisotopic (exact) mass is 275 g/mol. The highest BCUT2D eigenvalue weighted by Crippen LogP contribution is 2.64. The standard InChI is InChI=1S/C13H16ClF2NO/c1-13(2)8(6-17)11(13)7-3-4-10(9(14)5-7)18-12(15)16/h3-5,8,11-12H,6,17H2,1-2H3. The van der Waals surface area contributed by atoms with Crippen LogP contribution < -0.4 is 10.5 Å². The van der Waals surface area contributed by atoms with Crippen molar-refractivity contribution in [3.8, 4) is 5.75 Å². The molecule has 18 heavy (non-hydrogen) atoms. The molecular weight excluding hydrogens is 260 g/mol. The maximum absolute atomic E-state index is 12.1. The predicted octanol–water partition coefficient (Wildman–Crippen LogP) is 3.64. The van der Waals surface area contributed by atoms with E-state index >= 15 is 0 Å². The van der Waals surface area contributed by atoms with Gasteiger partial charge in [-0.3, -0.25) is 0 Å². The number of alkyl halides is 2. The normalized spacial score (nSPS) is 25.3. The van der Waals surface area contributed by atoms with Crippen LogP contribution in [0.15, 0.2) is 18.2 Å². The first-order chi connectivity index (χ1) is 8.37. The van der Waals surface area contributed by atoms with Crippen molar-refractivity contribution in [1.82, 2.24) is 0 Å². The highest BCUT2D eigenvalue weighted by atomic mass is 35.5. The molecular formula is C13H16ClF2NO. The summed E-state index contributed by atoms with van der Waals surface area (Å²) < 4.78 is 28.5. The summed E-state index contributed by atoms with van der Waals surface area (Å²) in [4.78, 5) is 0. The molecule has 1 aliphatic rings. The van der Waals surface area contributed by atoms with E-state index in [1.807, 2.05) is 0 Å². The third kappa shape index (κ3) is 2.31. The van der Waals surface area contributed by atoms with E-state index in [2.05, 4.69) is 18.6 Å². The topological polar surface area (TPSA) is 35.2 Å². The van der Waals surface area contributed by atoms with Gasteiger partial charge < -0.3 is 10.5 Å². The lowest BCUT2D eigenvalue weighted by atomic mass is 10.0. The summed E-state index contributed by atoms with van der Waals surface area (Å²) in [6.45, 7) is 2.05. The maximum atomic E-state index is 12.1. The van der Waals surface area contributed by atoms with E-state index in [9.17, 15) is 8.78 Å². The van der Waals surface area contributed by atoms with Crippen molar-refractivity contribution < 1.29 is 13.5 Å². The van der Waals surface area contributed by atoms with Crippen LogP contribution >= 0.6 is 11.6 Å². The molecule has 2 rings (SSSR count). The zero-order valence-electron chi connectivity index (χ0n) is 10.3. The second-order valence-corrected chi connectivity index (χ2v) is 5.62. The van der Waals surface area contributed by atoms with E-state index in [0.717, 1.165) is 5.56 Å². The number of nitrogens with two attached hydrogens (primary N) is 1. The first-order valence-electron chi connectivity index (χ1n) is 5.82. The van der Waals surface area contributed by atoms with Crippen molar-refractivity contribution in [2.45, 2.75) is 26.4 Å². The molecule has 1 aromatic rings. The van der Waals surface area contributed by atoms with Crippen molar-refractivity contribution in [3.63, 3.8) is 0 Å². The highest BCUT2D eigenvalue weighted by Gasteiger charge is 2.57. The highest BCUT2D eigenvalue weighted by molar-refractivity contribution is 6.32. The largest absolute Gasteiger partial charge is 0.433 e. The maximum Gasteiger partial charge on any atom is 0.387 e. The summed E-state index contributed by atoms with van der Waals surface area (Å²) >= 11 is 5.94. The van der Waals surface area contributed by atoms with Gasteiger partial charge in [0.1, 0.15) is 5.75 Å². The quantitative estimate of drug-likeness (QED) is 0.910. The number of ether oxygens (including phenoxy) is 1. The van der Waals surface area contributed by atoms with Crippen LogP contribution in [0.3, 0.4) is 0 Å². The zero-order valence-corrected chi connectivity index (χ0v) is 11.0. The Balaban J connectivity index is 2.20. The van der Waals surface area contributed by atoms with Gasteiger partial charge in [-0.25, -0.2) is 0 Å². The molecule has 1 aromatic carbocycles. The summed E-state index contributed by atoms with van der Waals surface area (Å²) in [7, 11) is 0. The number of halogens is 3. The second kappa shape index (κ2) is 4.67. The minimum atomic E-state index is -2.86. The van der Waals surface area contributed by atoms with Gasteiger partial charge in [-0.1, -0.05) is 31.5 Å². The Morgan fingerprint density at radius 3 is 2.56 bits per heavy atom. The van der Waals surface area contributed by atoms with Crippen LogP contribution in [0.5, 0.6) is 5.75 Å². The molecule has 0 saturated heterocycles. The molecule has 2 atom stereocenters. The van der Waals surface area contributed by atoms with Crippen LogP contribution in [0.1, 0.15) is 25.3 Å². The molecule has 100 valence electrons. The van der Waals surface area contributed by atoms with Crippen LogP contribution in [0.4, 0.5) is 8.78 Å². The fourth-order valence-electron chi connectivity index (χ4n) is 2.75. The van der Waals surface area contributed by atoms with Gasteiger partial charge in [-0.15, -0.1) is 0 Å². The Morgan fingerprint density at radius 1 is 1.44 bits per heavy atom. The lowest BCUT2D eigenvalue weighted by Crippen LogP contribution is -2.05. The molecule has 0 aliphatic heterocycles. The molecule has 0 spiro atoms. The van der Waals surface area contributed by atoms with Gasteiger partial charge in [-0.2, -0.15) is 8.78 Å². The van der Waals surface area contributed by atoms with E-state index in [1.54, 1.807) is 12.1 Å². The molecule has 0 amide bonds. The number of rotatable bonds is 4. The lowest BCUT2D eigenvalue weighted by Gasteiger charge is -2.09. The number of benzene rings is 1. The molecule has 2 N–H and O–H groups in total. The summed E-state index contributed by atoms with van der Waals surface area (Å²) in [6, 6.07) is 4.97. The van der Waals surface area contributed by atoms with Crippen LogP contribution in [0, 0.1) is 11.3 Å². The number of hydrogen-bond acceptors (Lipinski definition) is 2. The smallest absolute Gasteiger partial charge is 0.387 e. The van der Waals surface area contributed by atoms with Crippen LogP contribution in [0.25, 0.3) is 0 Å². The molecule has 1 fully saturated rings. The summed E-state index contributed by atoms with van der Waals surface area (Å²) in [5.41, 5.74) is 6.89.